The average Bonchev–Trinajstić information content (AvgIpc) is 3.12. The van der Waals surface area contributed by atoms with E-state index in [1.165, 1.54) is 44.9 Å². The SMILES string of the molecule is CCCCC(C1CC1)C(C)(CC(C)(C)CC)C(C)(C)C. The Morgan fingerprint density at radius 1 is 0.950 bits per heavy atom. The maximum absolute atomic E-state index is 2.61. The van der Waals surface area contributed by atoms with Gasteiger partial charge >= 0.3 is 0 Å². The molecule has 0 spiro atoms. The Morgan fingerprint density at radius 3 is 1.85 bits per heavy atom. The molecular formula is C20H40. The van der Waals surface area contributed by atoms with Crippen LogP contribution in [0.5, 0.6) is 0 Å². The first kappa shape index (κ1) is 18.1. The maximum Gasteiger partial charge on any atom is -0.0241 e. The van der Waals surface area contributed by atoms with E-state index in [4.69, 9.17) is 0 Å². The van der Waals surface area contributed by atoms with Gasteiger partial charge in [-0.1, -0.05) is 74.7 Å². The first-order chi connectivity index (χ1) is 9.07. The molecule has 1 aliphatic carbocycles. The molecule has 0 nitrogen and oxygen atoms in total. The van der Waals surface area contributed by atoms with Crippen LogP contribution in [-0.2, 0) is 0 Å². The normalized spacial score (nSPS) is 21.6. The fourth-order valence-electron chi connectivity index (χ4n) is 4.07. The minimum atomic E-state index is 0.403. The van der Waals surface area contributed by atoms with Gasteiger partial charge in [-0.2, -0.15) is 0 Å². The van der Waals surface area contributed by atoms with Crippen LogP contribution in [0.2, 0.25) is 0 Å². The summed E-state index contributed by atoms with van der Waals surface area (Å²) in [5.41, 5.74) is 1.35. The van der Waals surface area contributed by atoms with Crippen LogP contribution >= 0.6 is 0 Å². The predicted octanol–water partition coefficient (Wildman–Crippen LogP) is 7.08. The summed E-state index contributed by atoms with van der Waals surface area (Å²) in [5.74, 6) is 1.96. The van der Waals surface area contributed by atoms with Crippen molar-refractivity contribution < 1.29 is 0 Å². The van der Waals surface area contributed by atoms with Gasteiger partial charge in [0.2, 0.25) is 0 Å². The summed E-state index contributed by atoms with van der Waals surface area (Å²) in [6.45, 7) is 19.7. The third-order valence-corrected chi connectivity index (χ3v) is 6.39. The molecule has 0 heteroatoms. The summed E-state index contributed by atoms with van der Waals surface area (Å²) in [4.78, 5) is 0. The topological polar surface area (TPSA) is 0 Å². The Hall–Kier alpha value is 0. The standard InChI is InChI=1S/C20H40/c1-9-11-12-17(16-13-14-16)20(8,18(3,4)5)15-19(6,7)10-2/h16-17H,9-15H2,1-8H3. The highest BCUT2D eigenvalue weighted by atomic mass is 14.6. The Bertz CT molecular complexity index is 290. The van der Waals surface area contributed by atoms with Gasteiger partial charge < -0.3 is 0 Å². The molecule has 0 aromatic rings. The average molecular weight is 281 g/mol. The highest BCUT2D eigenvalue weighted by Crippen LogP contribution is 2.59. The van der Waals surface area contributed by atoms with Crippen molar-refractivity contribution in [2.24, 2.45) is 28.1 Å². The van der Waals surface area contributed by atoms with Crippen LogP contribution in [0.25, 0.3) is 0 Å². The lowest BCUT2D eigenvalue weighted by Gasteiger charge is -2.52. The van der Waals surface area contributed by atoms with E-state index in [0.29, 0.717) is 16.2 Å². The lowest BCUT2D eigenvalue weighted by atomic mass is 9.53. The number of unbranched alkanes of at least 4 members (excludes halogenated alkanes) is 1. The van der Waals surface area contributed by atoms with Crippen LogP contribution in [0.3, 0.4) is 0 Å². The second-order valence-corrected chi connectivity index (χ2v) is 9.45. The van der Waals surface area contributed by atoms with Crippen LogP contribution in [0.15, 0.2) is 0 Å². The quantitative estimate of drug-likeness (QED) is 0.445. The molecule has 1 rings (SSSR count). The number of hydrogen-bond acceptors (Lipinski definition) is 0. The van der Waals surface area contributed by atoms with Crippen LogP contribution < -0.4 is 0 Å². The van der Waals surface area contributed by atoms with Crippen molar-refractivity contribution in [1.29, 1.82) is 0 Å². The second kappa shape index (κ2) is 6.41. The van der Waals surface area contributed by atoms with Gasteiger partial charge in [0.25, 0.3) is 0 Å². The first-order valence-electron chi connectivity index (χ1n) is 9.07. The molecule has 0 aromatic heterocycles. The summed E-state index contributed by atoms with van der Waals surface area (Å²) < 4.78 is 0. The van der Waals surface area contributed by atoms with Gasteiger partial charge in [0.15, 0.2) is 0 Å². The van der Waals surface area contributed by atoms with Crippen LogP contribution in [0.1, 0.15) is 100 Å². The van der Waals surface area contributed by atoms with Gasteiger partial charge in [-0.15, -0.1) is 0 Å². The van der Waals surface area contributed by atoms with Gasteiger partial charge in [-0.3, -0.25) is 0 Å². The minimum Gasteiger partial charge on any atom is -0.0654 e. The molecule has 0 bridgehead atoms. The van der Waals surface area contributed by atoms with Crippen molar-refractivity contribution in [1.82, 2.24) is 0 Å². The van der Waals surface area contributed by atoms with Gasteiger partial charge in [0.05, 0.1) is 0 Å². The van der Waals surface area contributed by atoms with E-state index in [9.17, 15) is 0 Å². The van der Waals surface area contributed by atoms with Crippen molar-refractivity contribution >= 4 is 0 Å². The van der Waals surface area contributed by atoms with Crippen LogP contribution in [0, 0.1) is 28.1 Å². The van der Waals surface area contributed by atoms with Crippen molar-refractivity contribution in [2.45, 2.75) is 100 Å². The molecule has 0 amide bonds. The molecule has 2 unspecified atom stereocenters. The van der Waals surface area contributed by atoms with Gasteiger partial charge in [-0.25, -0.2) is 0 Å². The molecule has 0 saturated heterocycles. The minimum absolute atomic E-state index is 0.403. The Morgan fingerprint density at radius 2 is 1.50 bits per heavy atom. The fraction of sp³-hybridized carbons (Fsp3) is 1.00. The van der Waals surface area contributed by atoms with E-state index in [1.54, 1.807) is 0 Å². The van der Waals surface area contributed by atoms with Crippen LogP contribution in [0.4, 0.5) is 0 Å². The molecule has 0 radical (unpaired) electrons. The molecule has 0 aliphatic heterocycles. The molecular weight excluding hydrogens is 240 g/mol. The van der Waals surface area contributed by atoms with E-state index < -0.39 is 0 Å². The molecule has 2 atom stereocenters. The summed E-state index contributed by atoms with van der Waals surface area (Å²) in [6, 6.07) is 0. The second-order valence-electron chi connectivity index (χ2n) is 9.45. The summed E-state index contributed by atoms with van der Waals surface area (Å²) in [7, 11) is 0. The smallest absolute Gasteiger partial charge is 0.0241 e. The highest BCUT2D eigenvalue weighted by Gasteiger charge is 2.50. The Kier molecular flexibility index (Phi) is 5.78. The van der Waals surface area contributed by atoms with E-state index in [1.807, 2.05) is 0 Å². The zero-order chi connectivity index (χ0) is 15.6. The van der Waals surface area contributed by atoms with Crippen molar-refractivity contribution in [3.8, 4) is 0 Å². The zero-order valence-corrected chi connectivity index (χ0v) is 15.6. The van der Waals surface area contributed by atoms with Crippen molar-refractivity contribution in [2.75, 3.05) is 0 Å². The number of hydrogen-bond donors (Lipinski definition) is 0. The molecule has 20 heavy (non-hydrogen) atoms. The van der Waals surface area contributed by atoms with Crippen LogP contribution in [-0.4, -0.2) is 0 Å². The molecule has 0 N–H and O–H groups in total. The Labute approximate surface area is 129 Å². The lowest BCUT2D eigenvalue weighted by molar-refractivity contribution is -0.0261. The third-order valence-electron chi connectivity index (χ3n) is 6.39. The summed E-state index contributed by atoms with van der Waals surface area (Å²) >= 11 is 0. The highest BCUT2D eigenvalue weighted by molar-refractivity contribution is 5.00. The van der Waals surface area contributed by atoms with Gasteiger partial charge in [-0.05, 0) is 53.8 Å². The lowest BCUT2D eigenvalue weighted by Crippen LogP contribution is -2.44. The third kappa shape index (κ3) is 4.25. The van der Waals surface area contributed by atoms with E-state index in [0.717, 1.165) is 11.8 Å². The molecule has 120 valence electrons. The van der Waals surface area contributed by atoms with Gasteiger partial charge in [0, 0.05) is 0 Å². The summed E-state index contributed by atoms with van der Waals surface area (Å²) in [5, 5.41) is 0. The molecule has 0 heterocycles. The van der Waals surface area contributed by atoms with Crippen molar-refractivity contribution in [3.05, 3.63) is 0 Å². The predicted molar refractivity (Wildman–Crippen MR) is 92.0 cm³/mol. The van der Waals surface area contributed by atoms with E-state index >= 15 is 0 Å². The van der Waals surface area contributed by atoms with Crippen molar-refractivity contribution in [3.63, 3.8) is 0 Å². The molecule has 0 aromatic carbocycles. The molecule has 1 aliphatic rings. The largest absolute Gasteiger partial charge is 0.0654 e. The Balaban J connectivity index is 3.01. The number of rotatable bonds is 8. The van der Waals surface area contributed by atoms with E-state index in [-0.39, 0.29) is 0 Å². The zero-order valence-electron chi connectivity index (χ0n) is 15.6. The fourth-order valence-corrected chi connectivity index (χ4v) is 4.07. The molecule has 1 saturated carbocycles. The monoisotopic (exact) mass is 280 g/mol. The van der Waals surface area contributed by atoms with E-state index in [2.05, 4.69) is 55.4 Å². The molecule has 1 fully saturated rings. The maximum atomic E-state index is 2.61. The first-order valence-corrected chi connectivity index (χ1v) is 9.07. The van der Waals surface area contributed by atoms with Gasteiger partial charge in [0.1, 0.15) is 0 Å². The summed E-state index contributed by atoms with van der Waals surface area (Å²) in [6.07, 6.45) is 9.88.